The second-order valence-electron chi connectivity index (χ2n) is 12.7. The Morgan fingerprint density at radius 3 is 2.41 bits per heavy atom. The predicted molar refractivity (Wildman–Crippen MR) is 161 cm³/mol. The first-order chi connectivity index (χ1) is 19.4. The topological polar surface area (TPSA) is 119 Å². The van der Waals surface area contributed by atoms with Crippen LogP contribution in [0.25, 0.3) is 0 Å². The van der Waals surface area contributed by atoms with Gasteiger partial charge >= 0.3 is 0 Å². The summed E-state index contributed by atoms with van der Waals surface area (Å²) in [5, 5.41) is 27.8. The van der Waals surface area contributed by atoms with Crippen molar-refractivity contribution < 1.29 is 24.0 Å². The molecule has 2 amide bonds. The smallest absolute Gasteiger partial charge is 0.252 e. The summed E-state index contributed by atoms with van der Waals surface area (Å²) < 4.78 is 13.3. The summed E-state index contributed by atoms with van der Waals surface area (Å²) in [6.07, 6.45) is 4.27. The summed E-state index contributed by atoms with van der Waals surface area (Å²) in [5.74, 6) is 0.468. The molecule has 2 aromatic rings. The van der Waals surface area contributed by atoms with Gasteiger partial charge in [-0.2, -0.15) is 0 Å². The minimum atomic E-state index is -1.48. The van der Waals surface area contributed by atoms with Crippen molar-refractivity contribution in [2.75, 3.05) is 18.8 Å². The van der Waals surface area contributed by atoms with E-state index in [1.54, 1.807) is 43.3 Å². The third-order valence-electron chi connectivity index (χ3n) is 8.39. The van der Waals surface area contributed by atoms with Crippen LogP contribution in [0.3, 0.4) is 0 Å². The van der Waals surface area contributed by atoms with E-state index in [4.69, 9.17) is 0 Å². The number of rotatable bonds is 9. The van der Waals surface area contributed by atoms with E-state index < -0.39 is 28.9 Å². The SMILES string of the molecule is Cc1c(O)cccc1C(=O)N[C@@H](C[S@](=O)c1ccccc1)[C@H](O)CN1C[C@H]2CCCC[C@H]2C[C@H]1C(=O)NC(C)(C)C. The van der Waals surface area contributed by atoms with E-state index in [2.05, 4.69) is 15.5 Å². The predicted octanol–water partition coefficient (Wildman–Crippen LogP) is 3.76. The fourth-order valence-electron chi connectivity index (χ4n) is 6.19. The first kappa shape index (κ1) is 31.2. The number of phenolic OH excluding ortho intramolecular Hbond substituents is 1. The molecule has 4 rings (SSSR count). The lowest BCUT2D eigenvalue weighted by Crippen LogP contribution is -2.60. The number of piperidine rings is 1. The average Bonchev–Trinajstić information content (AvgIpc) is 2.93. The van der Waals surface area contributed by atoms with Crippen LogP contribution in [0.1, 0.15) is 68.8 Å². The highest BCUT2D eigenvalue weighted by Crippen LogP contribution is 2.39. The molecule has 1 saturated carbocycles. The van der Waals surface area contributed by atoms with Crippen LogP contribution in [0.5, 0.6) is 5.75 Å². The van der Waals surface area contributed by atoms with Crippen molar-refractivity contribution in [1.82, 2.24) is 15.5 Å². The van der Waals surface area contributed by atoms with Crippen LogP contribution in [-0.2, 0) is 15.6 Å². The minimum Gasteiger partial charge on any atom is -0.508 e. The van der Waals surface area contributed by atoms with Crippen molar-refractivity contribution in [3.63, 3.8) is 0 Å². The first-order valence-electron chi connectivity index (χ1n) is 14.7. The molecule has 8 nitrogen and oxygen atoms in total. The number of aromatic hydroxyl groups is 1. The molecule has 2 aromatic carbocycles. The number of fused-ring (bicyclic) bond motifs is 1. The molecular weight excluding hydrogens is 538 g/mol. The monoisotopic (exact) mass is 583 g/mol. The van der Waals surface area contributed by atoms with Gasteiger partial charge in [-0.15, -0.1) is 0 Å². The van der Waals surface area contributed by atoms with Crippen LogP contribution < -0.4 is 10.6 Å². The molecule has 9 heteroatoms. The molecule has 0 unspecified atom stereocenters. The van der Waals surface area contributed by atoms with Gasteiger partial charge in [0.1, 0.15) is 5.75 Å². The highest BCUT2D eigenvalue weighted by molar-refractivity contribution is 7.85. The summed E-state index contributed by atoms with van der Waals surface area (Å²) in [7, 11) is -1.48. The maximum atomic E-state index is 13.5. The molecule has 1 heterocycles. The van der Waals surface area contributed by atoms with Crippen LogP contribution in [0.4, 0.5) is 0 Å². The van der Waals surface area contributed by atoms with E-state index in [0.29, 0.717) is 28.8 Å². The molecule has 4 N–H and O–H groups in total. The van der Waals surface area contributed by atoms with Gasteiger partial charge in [-0.25, -0.2) is 0 Å². The lowest BCUT2D eigenvalue weighted by Gasteiger charge is -2.47. The van der Waals surface area contributed by atoms with Gasteiger partial charge in [-0.05, 0) is 76.6 Å². The van der Waals surface area contributed by atoms with E-state index in [1.807, 2.05) is 26.8 Å². The Bertz CT molecular complexity index is 1230. The fourth-order valence-corrected chi connectivity index (χ4v) is 7.48. The van der Waals surface area contributed by atoms with Gasteiger partial charge in [0.05, 0.1) is 34.7 Å². The molecule has 1 saturated heterocycles. The number of likely N-dealkylation sites (tertiary alicyclic amines) is 1. The molecule has 224 valence electrons. The lowest BCUT2D eigenvalue weighted by atomic mass is 9.72. The Morgan fingerprint density at radius 1 is 1.05 bits per heavy atom. The largest absolute Gasteiger partial charge is 0.508 e. The summed E-state index contributed by atoms with van der Waals surface area (Å²) in [4.78, 5) is 29.5. The fraction of sp³-hybridized carbons (Fsp3) is 0.562. The maximum Gasteiger partial charge on any atom is 0.252 e. The Labute approximate surface area is 246 Å². The number of hydrogen-bond donors (Lipinski definition) is 4. The van der Waals surface area contributed by atoms with Crippen molar-refractivity contribution in [3.05, 3.63) is 59.7 Å². The summed E-state index contributed by atoms with van der Waals surface area (Å²) in [6.45, 7) is 8.42. The number of nitrogens with zero attached hydrogens (tertiary/aromatic N) is 1. The van der Waals surface area contributed by atoms with Crippen molar-refractivity contribution in [1.29, 1.82) is 0 Å². The zero-order chi connectivity index (χ0) is 29.7. The second-order valence-corrected chi connectivity index (χ2v) is 14.2. The van der Waals surface area contributed by atoms with E-state index in [0.717, 1.165) is 19.3 Å². The van der Waals surface area contributed by atoms with Gasteiger partial charge in [0, 0.05) is 34.7 Å². The average molecular weight is 584 g/mol. The number of phenols is 1. The molecule has 2 aliphatic rings. The summed E-state index contributed by atoms with van der Waals surface area (Å²) in [5.41, 5.74) is 0.339. The number of hydrogen-bond acceptors (Lipinski definition) is 6. The second kappa shape index (κ2) is 13.5. The highest BCUT2D eigenvalue weighted by Gasteiger charge is 2.42. The Hall–Kier alpha value is -2.75. The normalized spacial score (nSPS) is 23.6. The molecule has 0 spiro atoms. The van der Waals surface area contributed by atoms with Crippen molar-refractivity contribution >= 4 is 22.6 Å². The molecule has 1 aliphatic carbocycles. The number of carbonyl (C=O) groups excluding carboxylic acids is 2. The van der Waals surface area contributed by atoms with Gasteiger partial charge in [-0.1, -0.05) is 43.5 Å². The third-order valence-corrected chi connectivity index (χ3v) is 9.85. The van der Waals surface area contributed by atoms with E-state index in [1.165, 1.54) is 18.9 Å². The van der Waals surface area contributed by atoms with Crippen molar-refractivity contribution in [2.45, 2.75) is 88.4 Å². The summed E-state index contributed by atoms with van der Waals surface area (Å²) >= 11 is 0. The molecule has 0 aromatic heterocycles. The molecular formula is C32H45N3O5S. The molecule has 41 heavy (non-hydrogen) atoms. The standard InChI is InChI=1S/C32H45N3O5S/c1-21-25(15-10-16-28(21)36)30(38)33-26(20-41(40)24-13-6-5-7-14-24)29(37)19-35-18-23-12-9-8-11-22(23)17-27(35)31(39)34-32(2,3)4/h5-7,10,13-16,22-23,26-27,29,36-37H,8-9,11-12,17-20H2,1-4H3,(H,33,38)(H,34,39)/t22-,23+,26-,27-,29+,41-/m0/s1. The number of amides is 2. The zero-order valence-corrected chi connectivity index (χ0v) is 25.5. The van der Waals surface area contributed by atoms with Crippen LogP contribution in [0.2, 0.25) is 0 Å². The zero-order valence-electron chi connectivity index (χ0n) is 24.6. The van der Waals surface area contributed by atoms with E-state index in [9.17, 15) is 24.0 Å². The maximum absolute atomic E-state index is 13.5. The molecule has 0 radical (unpaired) electrons. The molecule has 6 atom stereocenters. The quantitative estimate of drug-likeness (QED) is 0.357. The molecule has 1 aliphatic heterocycles. The van der Waals surface area contributed by atoms with Gasteiger partial charge in [-0.3, -0.25) is 18.7 Å². The number of nitrogens with one attached hydrogen (secondary N) is 2. The van der Waals surface area contributed by atoms with Crippen LogP contribution in [-0.4, -0.2) is 73.7 Å². The first-order valence-corrected chi connectivity index (χ1v) is 16.0. The van der Waals surface area contributed by atoms with E-state index in [-0.39, 0.29) is 41.1 Å². The molecule has 2 fully saturated rings. The van der Waals surface area contributed by atoms with Gasteiger partial charge < -0.3 is 20.8 Å². The Kier molecular flexibility index (Phi) is 10.3. The molecule has 0 bridgehead atoms. The van der Waals surface area contributed by atoms with E-state index >= 15 is 0 Å². The highest BCUT2D eigenvalue weighted by atomic mass is 32.2. The van der Waals surface area contributed by atoms with Crippen LogP contribution in [0.15, 0.2) is 53.4 Å². The Balaban J connectivity index is 1.57. The van der Waals surface area contributed by atoms with Crippen molar-refractivity contribution in [3.8, 4) is 5.75 Å². The number of β-amino-alcohol motifs (C(OH)–C–C–N with tert-alkyl or cyclic N) is 1. The number of aliphatic hydroxyl groups excluding tert-OH is 1. The number of aliphatic hydroxyl groups is 1. The summed E-state index contributed by atoms with van der Waals surface area (Å²) in [6, 6.07) is 12.5. The third kappa shape index (κ3) is 8.17. The van der Waals surface area contributed by atoms with Crippen LogP contribution in [0, 0.1) is 18.8 Å². The van der Waals surface area contributed by atoms with Gasteiger partial charge in [0.2, 0.25) is 5.91 Å². The van der Waals surface area contributed by atoms with Gasteiger partial charge in [0.15, 0.2) is 0 Å². The van der Waals surface area contributed by atoms with Crippen LogP contribution >= 0.6 is 0 Å². The van der Waals surface area contributed by atoms with Gasteiger partial charge in [0.25, 0.3) is 5.91 Å². The lowest BCUT2D eigenvalue weighted by molar-refractivity contribution is -0.132. The number of carbonyl (C=O) groups is 2. The minimum absolute atomic E-state index is 0.00525. The Morgan fingerprint density at radius 2 is 1.73 bits per heavy atom. The van der Waals surface area contributed by atoms with Crippen molar-refractivity contribution in [2.24, 2.45) is 11.8 Å². The number of benzene rings is 2.